The summed E-state index contributed by atoms with van der Waals surface area (Å²) < 4.78 is 24.6. The maximum Gasteiger partial charge on any atom is 0.170 e. The minimum Gasteiger partial charge on any atom is -0.497 e. The lowest BCUT2D eigenvalue weighted by molar-refractivity contribution is 0.371. The third kappa shape index (κ3) is 2.84. The first-order valence-corrected chi connectivity index (χ1v) is 6.45. The van der Waals surface area contributed by atoms with E-state index in [2.05, 4.69) is 6.07 Å². The van der Waals surface area contributed by atoms with Gasteiger partial charge in [-0.1, -0.05) is 12.1 Å². The molecule has 0 aromatic heterocycles. The highest BCUT2D eigenvalue weighted by Crippen LogP contribution is 2.34. The van der Waals surface area contributed by atoms with Gasteiger partial charge in [-0.2, -0.15) is 10.5 Å². The molecule has 0 bridgehead atoms. The summed E-state index contributed by atoms with van der Waals surface area (Å²) in [5, 5.41) is 18.3. The van der Waals surface area contributed by atoms with Crippen molar-refractivity contribution in [2.75, 3.05) is 14.2 Å². The molecule has 0 aliphatic carbocycles. The van der Waals surface area contributed by atoms with E-state index in [1.165, 1.54) is 26.4 Å². The maximum atomic E-state index is 14.5. The third-order valence-electron chi connectivity index (χ3n) is 3.31. The first kappa shape index (κ1) is 15.3. The van der Waals surface area contributed by atoms with Crippen molar-refractivity contribution in [3.05, 3.63) is 58.9 Å². The molecule has 0 amide bonds. The quantitative estimate of drug-likeness (QED) is 0.867. The standard InChI is InChI=1S/C17H13FN2O2/c1-21-13-7-14(17(18)16(8-13)22-2)15(10-20)12-5-3-11(9-19)4-6-12/h3-8,15H,1-2H3. The number of ether oxygens (including phenoxy) is 2. The Bertz CT molecular complexity index is 758. The van der Waals surface area contributed by atoms with Crippen molar-refractivity contribution in [2.45, 2.75) is 5.92 Å². The Morgan fingerprint density at radius 1 is 1.05 bits per heavy atom. The second-order valence-corrected chi connectivity index (χ2v) is 4.53. The Labute approximate surface area is 127 Å². The lowest BCUT2D eigenvalue weighted by Crippen LogP contribution is -2.04. The van der Waals surface area contributed by atoms with Crippen molar-refractivity contribution < 1.29 is 13.9 Å². The first-order chi connectivity index (χ1) is 10.6. The predicted molar refractivity (Wildman–Crippen MR) is 78.1 cm³/mol. The first-order valence-electron chi connectivity index (χ1n) is 6.45. The van der Waals surface area contributed by atoms with Crippen molar-refractivity contribution in [3.8, 4) is 23.6 Å². The van der Waals surface area contributed by atoms with Crippen LogP contribution in [0.4, 0.5) is 4.39 Å². The van der Waals surface area contributed by atoms with Gasteiger partial charge in [0.1, 0.15) is 5.75 Å². The molecule has 1 atom stereocenters. The second-order valence-electron chi connectivity index (χ2n) is 4.53. The average molecular weight is 296 g/mol. The van der Waals surface area contributed by atoms with Gasteiger partial charge in [-0.3, -0.25) is 0 Å². The summed E-state index contributed by atoms with van der Waals surface area (Å²) in [6.07, 6.45) is 0. The van der Waals surface area contributed by atoms with E-state index in [0.717, 1.165) is 0 Å². The molecule has 0 aliphatic rings. The fourth-order valence-corrected chi connectivity index (χ4v) is 2.14. The Balaban J connectivity index is 2.55. The number of halogens is 1. The smallest absolute Gasteiger partial charge is 0.170 e. The minimum atomic E-state index is -0.822. The zero-order valence-electron chi connectivity index (χ0n) is 12.1. The van der Waals surface area contributed by atoms with Gasteiger partial charge in [-0.25, -0.2) is 4.39 Å². The highest BCUT2D eigenvalue weighted by Gasteiger charge is 2.22. The molecule has 0 fully saturated rings. The van der Waals surface area contributed by atoms with Crippen LogP contribution in [0.2, 0.25) is 0 Å². The molecule has 110 valence electrons. The number of rotatable bonds is 4. The average Bonchev–Trinajstić information content (AvgIpc) is 2.57. The Kier molecular flexibility index (Phi) is 4.60. The van der Waals surface area contributed by atoms with Crippen molar-refractivity contribution in [2.24, 2.45) is 0 Å². The fourth-order valence-electron chi connectivity index (χ4n) is 2.14. The van der Waals surface area contributed by atoms with Gasteiger partial charge >= 0.3 is 0 Å². The number of methoxy groups -OCH3 is 2. The number of nitrogens with zero attached hydrogens (tertiary/aromatic N) is 2. The molecule has 2 aromatic carbocycles. The summed E-state index contributed by atoms with van der Waals surface area (Å²) in [5.41, 5.74) is 1.24. The maximum absolute atomic E-state index is 14.5. The minimum absolute atomic E-state index is 0.0169. The molecule has 2 rings (SSSR count). The van der Waals surface area contributed by atoms with Gasteiger partial charge in [-0.05, 0) is 23.8 Å². The fraction of sp³-hybridized carbons (Fsp3) is 0.176. The summed E-state index contributed by atoms with van der Waals surface area (Å²) in [6, 6.07) is 13.4. The zero-order chi connectivity index (χ0) is 16.1. The summed E-state index contributed by atoms with van der Waals surface area (Å²) >= 11 is 0. The van der Waals surface area contributed by atoms with Crippen LogP contribution in [-0.4, -0.2) is 14.2 Å². The van der Waals surface area contributed by atoms with Crippen LogP contribution in [0.25, 0.3) is 0 Å². The monoisotopic (exact) mass is 296 g/mol. The van der Waals surface area contributed by atoms with E-state index in [1.807, 2.05) is 6.07 Å². The van der Waals surface area contributed by atoms with Crippen molar-refractivity contribution in [1.82, 2.24) is 0 Å². The number of benzene rings is 2. The number of nitriles is 2. The van der Waals surface area contributed by atoms with Gasteiger partial charge in [0.05, 0.1) is 37.8 Å². The van der Waals surface area contributed by atoms with Gasteiger partial charge < -0.3 is 9.47 Å². The van der Waals surface area contributed by atoms with E-state index in [9.17, 15) is 9.65 Å². The van der Waals surface area contributed by atoms with Gasteiger partial charge in [0.2, 0.25) is 0 Å². The third-order valence-corrected chi connectivity index (χ3v) is 3.31. The Morgan fingerprint density at radius 2 is 1.73 bits per heavy atom. The summed E-state index contributed by atoms with van der Waals surface area (Å²) in [5.74, 6) is -0.999. The van der Waals surface area contributed by atoms with Crippen LogP contribution in [0.3, 0.4) is 0 Å². The topological polar surface area (TPSA) is 66.0 Å². The molecule has 0 N–H and O–H groups in total. The van der Waals surface area contributed by atoms with Crippen LogP contribution in [0, 0.1) is 28.5 Å². The molecule has 0 spiro atoms. The molecule has 0 saturated carbocycles. The normalized spacial score (nSPS) is 11.1. The SMILES string of the molecule is COc1cc(OC)c(F)c(C(C#N)c2ccc(C#N)cc2)c1. The molecule has 0 aliphatic heterocycles. The van der Waals surface area contributed by atoms with Crippen LogP contribution in [0.1, 0.15) is 22.6 Å². The summed E-state index contributed by atoms with van der Waals surface area (Å²) in [7, 11) is 2.81. The molecular weight excluding hydrogens is 283 g/mol. The molecule has 2 aromatic rings. The largest absolute Gasteiger partial charge is 0.497 e. The van der Waals surface area contributed by atoms with Crippen LogP contribution in [-0.2, 0) is 0 Å². The van der Waals surface area contributed by atoms with Crippen molar-refractivity contribution in [3.63, 3.8) is 0 Å². The molecule has 5 heteroatoms. The van der Waals surface area contributed by atoms with E-state index in [-0.39, 0.29) is 11.3 Å². The van der Waals surface area contributed by atoms with E-state index in [1.54, 1.807) is 24.3 Å². The molecule has 0 heterocycles. The van der Waals surface area contributed by atoms with Crippen LogP contribution in [0.15, 0.2) is 36.4 Å². The molecular formula is C17H13FN2O2. The number of hydrogen-bond donors (Lipinski definition) is 0. The Morgan fingerprint density at radius 3 is 2.23 bits per heavy atom. The van der Waals surface area contributed by atoms with Gasteiger partial charge in [0.25, 0.3) is 0 Å². The lowest BCUT2D eigenvalue weighted by atomic mass is 9.91. The molecule has 1 unspecified atom stereocenters. The van der Waals surface area contributed by atoms with Crippen LogP contribution < -0.4 is 9.47 Å². The zero-order valence-corrected chi connectivity index (χ0v) is 12.1. The van der Waals surface area contributed by atoms with Gasteiger partial charge in [0.15, 0.2) is 11.6 Å². The van der Waals surface area contributed by atoms with E-state index >= 15 is 0 Å². The summed E-state index contributed by atoms with van der Waals surface area (Å²) in [6.45, 7) is 0. The predicted octanol–water partition coefficient (Wildman–Crippen LogP) is 3.37. The highest BCUT2D eigenvalue weighted by molar-refractivity contribution is 5.48. The molecule has 4 nitrogen and oxygen atoms in total. The van der Waals surface area contributed by atoms with Crippen LogP contribution in [0.5, 0.6) is 11.5 Å². The lowest BCUT2D eigenvalue weighted by Gasteiger charge is -2.15. The van der Waals surface area contributed by atoms with Gasteiger partial charge in [-0.15, -0.1) is 0 Å². The number of hydrogen-bond acceptors (Lipinski definition) is 4. The molecule has 22 heavy (non-hydrogen) atoms. The van der Waals surface area contributed by atoms with Crippen molar-refractivity contribution in [1.29, 1.82) is 10.5 Å². The Hall–Kier alpha value is -3.05. The second kappa shape index (κ2) is 6.60. The van der Waals surface area contributed by atoms with E-state index < -0.39 is 11.7 Å². The molecule has 0 saturated heterocycles. The van der Waals surface area contributed by atoms with Crippen molar-refractivity contribution >= 4 is 0 Å². The van der Waals surface area contributed by atoms with E-state index in [4.69, 9.17) is 14.7 Å². The van der Waals surface area contributed by atoms with Gasteiger partial charge in [0, 0.05) is 11.6 Å². The molecule has 0 radical (unpaired) electrons. The van der Waals surface area contributed by atoms with E-state index in [0.29, 0.717) is 16.9 Å². The van der Waals surface area contributed by atoms with Crippen LogP contribution >= 0.6 is 0 Å². The summed E-state index contributed by atoms with van der Waals surface area (Å²) in [4.78, 5) is 0. The highest BCUT2D eigenvalue weighted by atomic mass is 19.1.